The maximum Gasteiger partial charge on any atom is 0.266 e. The summed E-state index contributed by atoms with van der Waals surface area (Å²) in [5.74, 6) is 0.490. The maximum absolute atomic E-state index is 14.1. The van der Waals surface area contributed by atoms with Crippen molar-refractivity contribution in [3.8, 4) is 11.5 Å². The molecule has 0 atom stereocenters. The molecule has 0 amide bonds. The van der Waals surface area contributed by atoms with Gasteiger partial charge in [-0.15, -0.1) is 0 Å². The molecule has 6 nitrogen and oxygen atoms in total. The summed E-state index contributed by atoms with van der Waals surface area (Å²) < 4.78 is 19.4. The molecule has 2 aliphatic rings. The molecule has 1 aromatic heterocycles. The van der Waals surface area contributed by atoms with E-state index in [9.17, 15) is 4.39 Å². The molecule has 1 aromatic carbocycles. The van der Waals surface area contributed by atoms with Crippen molar-refractivity contribution in [3.63, 3.8) is 0 Å². The van der Waals surface area contributed by atoms with Gasteiger partial charge < -0.3 is 14.3 Å². The molecule has 2 aliphatic heterocycles. The van der Waals surface area contributed by atoms with Gasteiger partial charge in [0.25, 0.3) is 11.8 Å². The summed E-state index contributed by atoms with van der Waals surface area (Å²) >= 11 is 0. The van der Waals surface area contributed by atoms with Gasteiger partial charge in [0.05, 0.1) is 5.56 Å². The van der Waals surface area contributed by atoms with E-state index in [1.54, 1.807) is 6.07 Å². The molecule has 0 spiro atoms. The molecule has 7 heteroatoms. The van der Waals surface area contributed by atoms with Crippen molar-refractivity contribution in [2.24, 2.45) is 0 Å². The van der Waals surface area contributed by atoms with Gasteiger partial charge in [0, 0.05) is 45.3 Å². The van der Waals surface area contributed by atoms with E-state index in [2.05, 4.69) is 31.9 Å². The average Bonchev–Trinajstić information content (AvgIpc) is 3.27. The summed E-state index contributed by atoms with van der Waals surface area (Å²) in [6.45, 7) is 16.3. The van der Waals surface area contributed by atoms with Crippen LogP contribution in [0.5, 0.6) is 0 Å². The van der Waals surface area contributed by atoms with Crippen molar-refractivity contribution in [1.82, 2.24) is 19.9 Å². The quantitative estimate of drug-likeness (QED) is 0.732. The van der Waals surface area contributed by atoms with Gasteiger partial charge in [-0.25, -0.2) is 4.39 Å². The second-order valence-electron chi connectivity index (χ2n) is 7.44. The predicted molar refractivity (Wildman–Crippen MR) is 121 cm³/mol. The van der Waals surface area contributed by atoms with Crippen LogP contribution in [0.1, 0.15) is 46.1 Å². The molecule has 2 aromatic rings. The largest absolute Gasteiger partial charge is 0.338 e. The zero-order chi connectivity index (χ0) is 22.1. The van der Waals surface area contributed by atoms with Crippen LogP contribution in [0.2, 0.25) is 0 Å². The Hall–Kier alpha value is -1.99. The lowest BCUT2D eigenvalue weighted by atomic mass is 10.0. The Bertz CT molecular complexity index is 750. The molecule has 0 aliphatic carbocycles. The van der Waals surface area contributed by atoms with E-state index >= 15 is 0 Å². The molecule has 0 saturated carbocycles. The number of hydrogen-bond donors (Lipinski definition) is 0. The lowest BCUT2D eigenvalue weighted by Crippen LogP contribution is -2.52. The molecule has 30 heavy (non-hydrogen) atoms. The van der Waals surface area contributed by atoms with Crippen LogP contribution in [0.15, 0.2) is 22.7 Å². The minimum absolute atomic E-state index is 0.249. The highest BCUT2D eigenvalue weighted by Crippen LogP contribution is 2.26. The van der Waals surface area contributed by atoms with Crippen LogP contribution in [-0.4, -0.2) is 72.3 Å². The molecule has 168 valence electrons. The second-order valence-corrected chi connectivity index (χ2v) is 7.44. The van der Waals surface area contributed by atoms with Crippen LogP contribution in [0, 0.1) is 12.7 Å². The summed E-state index contributed by atoms with van der Waals surface area (Å²) in [6.07, 6.45) is 2.21. The third-order valence-electron chi connectivity index (χ3n) is 5.57. The topological polar surface area (TPSA) is 48.6 Å². The van der Waals surface area contributed by atoms with Gasteiger partial charge in [-0.3, -0.25) is 4.90 Å². The SMILES string of the molecule is CC.CC.Cc1ccc(-c2nc(N3CCC(N4CCN(C)CC4)CC3)no2)c(F)c1. The minimum atomic E-state index is -0.325. The molecular weight excluding hydrogens is 381 g/mol. The highest BCUT2D eigenvalue weighted by molar-refractivity contribution is 5.56. The molecule has 0 bridgehead atoms. The number of aryl methyl sites for hydroxylation is 1. The smallest absolute Gasteiger partial charge is 0.266 e. The first-order chi connectivity index (χ1) is 14.6. The van der Waals surface area contributed by atoms with E-state index in [1.165, 1.54) is 6.07 Å². The van der Waals surface area contributed by atoms with E-state index in [1.807, 2.05) is 40.7 Å². The highest BCUT2D eigenvalue weighted by atomic mass is 19.1. The Balaban J connectivity index is 0.000000757. The predicted octanol–water partition coefficient (Wildman–Crippen LogP) is 4.45. The molecule has 2 saturated heterocycles. The monoisotopic (exact) mass is 419 g/mol. The van der Waals surface area contributed by atoms with E-state index in [0.29, 0.717) is 17.6 Å². The van der Waals surface area contributed by atoms with Crippen molar-refractivity contribution in [2.75, 3.05) is 51.2 Å². The maximum atomic E-state index is 14.1. The molecular formula is C23H38FN5O. The number of piperazine rings is 1. The average molecular weight is 420 g/mol. The Morgan fingerprint density at radius 1 is 0.967 bits per heavy atom. The number of aromatic nitrogens is 2. The Morgan fingerprint density at radius 3 is 2.20 bits per heavy atom. The molecule has 0 radical (unpaired) electrons. The summed E-state index contributed by atoms with van der Waals surface area (Å²) in [5.41, 5.74) is 1.23. The first-order valence-electron chi connectivity index (χ1n) is 11.4. The highest BCUT2D eigenvalue weighted by Gasteiger charge is 2.28. The lowest BCUT2D eigenvalue weighted by molar-refractivity contribution is 0.0980. The van der Waals surface area contributed by atoms with Crippen LogP contribution in [0.4, 0.5) is 10.3 Å². The van der Waals surface area contributed by atoms with Crippen molar-refractivity contribution >= 4 is 5.95 Å². The van der Waals surface area contributed by atoms with Crippen LogP contribution in [-0.2, 0) is 0 Å². The number of anilines is 1. The van der Waals surface area contributed by atoms with Crippen LogP contribution >= 0.6 is 0 Å². The van der Waals surface area contributed by atoms with Gasteiger partial charge in [-0.1, -0.05) is 33.8 Å². The standard InChI is InChI=1S/C19H26FN5O.2C2H6/c1-14-3-4-16(17(20)13-14)18-21-19(22-26-18)25-7-5-15(6-8-25)24-11-9-23(2)10-12-24;2*1-2/h3-4,13,15H,5-12H2,1-2H3;2*1-2H3. The summed E-state index contributed by atoms with van der Waals surface area (Å²) in [4.78, 5) is 11.6. The van der Waals surface area contributed by atoms with Crippen molar-refractivity contribution in [1.29, 1.82) is 0 Å². The Kier molecular flexibility index (Phi) is 9.72. The first kappa shape index (κ1) is 24.3. The summed E-state index contributed by atoms with van der Waals surface area (Å²) in [5, 5.41) is 4.08. The summed E-state index contributed by atoms with van der Waals surface area (Å²) in [7, 11) is 2.19. The fourth-order valence-corrected chi connectivity index (χ4v) is 3.87. The number of halogens is 1. The minimum Gasteiger partial charge on any atom is -0.338 e. The van der Waals surface area contributed by atoms with E-state index < -0.39 is 0 Å². The molecule has 4 rings (SSSR count). The number of benzene rings is 1. The number of hydrogen-bond acceptors (Lipinski definition) is 6. The number of rotatable bonds is 3. The van der Waals surface area contributed by atoms with E-state index in [0.717, 1.165) is 57.7 Å². The third-order valence-corrected chi connectivity index (χ3v) is 5.57. The Morgan fingerprint density at radius 2 is 1.60 bits per heavy atom. The van der Waals surface area contributed by atoms with Crippen molar-refractivity contribution < 1.29 is 8.91 Å². The van der Waals surface area contributed by atoms with Gasteiger partial charge in [-0.05, 0) is 49.7 Å². The normalized spacial score (nSPS) is 18.3. The number of nitrogens with zero attached hydrogens (tertiary/aromatic N) is 5. The third kappa shape index (κ3) is 6.01. The van der Waals surface area contributed by atoms with Gasteiger partial charge in [0.15, 0.2) is 0 Å². The van der Waals surface area contributed by atoms with E-state index in [4.69, 9.17) is 4.52 Å². The first-order valence-corrected chi connectivity index (χ1v) is 11.4. The zero-order valence-electron chi connectivity index (χ0n) is 19.5. The molecule has 2 fully saturated rings. The van der Waals surface area contributed by atoms with Gasteiger partial charge in [0.2, 0.25) is 0 Å². The van der Waals surface area contributed by atoms with Crippen LogP contribution in [0.3, 0.4) is 0 Å². The lowest BCUT2D eigenvalue weighted by Gasteiger charge is -2.41. The van der Waals surface area contributed by atoms with E-state index in [-0.39, 0.29) is 11.7 Å². The molecule has 0 N–H and O–H groups in total. The molecule has 3 heterocycles. The zero-order valence-corrected chi connectivity index (χ0v) is 19.5. The van der Waals surface area contributed by atoms with Crippen LogP contribution in [0.25, 0.3) is 11.5 Å². The number of likely N-dealkylation sites (N-methyl/N-ethyl adjacent to an activating group) is 1. The van der Waals surface area contributed by atoms with Gasteiger partial charge >= 0.3 is 0 Å². The second kappa shape index (κ2) is 12.0. The van der Waals surface area contributed by atoms with Crippen LogP contribution < -0.4 is 4.90 Å². The fourth-order valence-electron chi connectivity index (χ4n) is 3.87. The van der Waals surface area contributed by atoms with Crippen molar-refractivity contribution in [3.05, 3.63) is 29.6 Å². The van der Waals surface area contributed by atoms with Crippen molar-refractivity contribution in [2.45, 2.75) is 53.5 Å². The fraction of sp³-hybridized carbons (Fsp3) is 0.652. The van der Waals surface area contributed by atoms with Gasteiger partial charge in [-0.2, -0.15) is 4.98 Å². The van der Waals surface area contributed by atoms with Gasteiger partial charge in [0.1, 0.15) is 5.82 Å². The Labute approximate surface area is 181 Å². The molecule has 0 unspecified atom stereocenters. The summed E-state index contributed by atoms with van der Waals surface area (Å²) in [6, 6.07) is 5.67. The number of piperidine rings is 1.